The molecule has 2 rings (SSSR count). The van der Waals surface area contributed by atoms with Crippen molar-refractivity contribution in [3.8, 4) is 0 Å². The molecule has 0 saturated heterocycles. The van der Waals surface area contributed by atoms with Crippen LogP contribution in [0.2, 0.25) is 5.02 Å². The van der Waals surface area contributed by atoms with Crippen molar-refractivity contribution < 1.29 is 5.11 Å². The molecule has 19 heavy (non-hydrogen) atoms. The van der Waals surface area contributed by atoms with Crippen molar-refractivity contribution in [2.45, 2.75) is 44.6 Å². The second kappa shape index (κ2) is 6.57. The van der Waals surface area contributed by atoms with E-state index >= 15 is 0 Å². The van der Waals surface area contributed by atoms with E-state index < -0.39 is 6.10 Å². The minimum Gasteiger partial charge on any atom is -0.388 e. The summed E-state index contributed by atoms with van der Waals surface area (Å²) in [6, 6.07) is 5.67. The number of hydrogen-bond acceptors (Lipinski definition) is 2. The second-order valence-electron chi connectivity index (χ2n) is 5.56. The standard InChI is InChI=1S/C15H21BrClNO/c16-12-6-5-11(9-13(12)17)14(19)15(10-18)7-3-1-2-4-8-15/h5-6,9,14,19H,1-4,7-8,10,18H2. The van der Waals surface area contributed by atoms with Crippen LogP contribution < -0.4 is 5.73 Å². The van der Waals surface area contributed by atoms with E-state index in [1.54, 1.807) is 0 Å². The highest BCUT2D eigenvalue weighted by Gasteiger charge is 2.37. The molecule has 1 atom stereocenters. The first-order valence-corrected chi connectivity index (χ1v) is 8.09. The van der Waals surface area contributed by atoms with Crippen LogP contribution in [0.4, 0.5) is 0 Å². The quantitative estimate of drug-likeness (QED) is 0.795. The first kappa shape index (κ1) is 15.3. The molecule has 0 aliphatic heterocycles. The van der Waals surface area contributed by atoms with Crippen LogP contribution in [0.3, 0.4) is 0 Å². The summed E-state index contributed by atoms with van der Waals surface area (Å²) >= 11 is 9.51. The molecule has 0 aromatic heterocycles. The van der Waals surface area contributed by atoms with Crippen molar-refractivity contribution in [1.29, 1.82) is 0 Å². The topological polar surface area (TPSA) is 46.2 Å². The Morgan fingerprint density at radius 1 is 1.26 bits per heavy atom. The van der Waals surface area contributed by atoms with Crippen molar-refractivity contribution in [3.05, 3.63) is 33.3 Å². The lowest BCUT2D eigenvalue weighted by Gasteiger charge is -2.36. The van der Waals surface area contributed by atoms with E-state index in [-0.39, 0.29) is 5.41 Å². The SMILES string of the molecule is NCC1(C(O)c2ccc(Br)c(Cl)c2)CCCCCC1. The normalized spacial score (nSPS) is 20.8. The van der Waals surface area contributed by atoms with Crippen molar-refractivity contribution in [1.82, 2.24) is 0 Å². The van der Waals surface area contributed by atoms with E-state index in [9.17, 15) is 5.11 Å². The van der Waals surface area contributed by atoms with Gasteiger partial charge in [-0.25, -0.2) is 0 Å². The van der Waals surface area contributed by atoms with Gasteiger partial charge in [0.1, 0.15) is 0 Å². The molecule has 1 fully saturated rings. The van der Waals surface area contributed by atoms with Crippen LogP contribution in [0.1, 0.15) is 50.2 Å². The predicted octanol–water partition coefficient (Wildman–Crippen LogP) is 4.44. The van der Waals surface area contributed by atoms with Crippen molar-refractivity contribution in [2.75, 3.05) is 6.54 Å². The van der Waals surface area contributed by atoms with Crippen LogP contribution in [-0.4, -0.2) is 11.7 Å². The molecule has 1 aromatic carbocycles. The smallest absolute Gasteiger partial charge is 0.0858 e. The number of hydrogen-bond donors (Lipinski definition) is 2. The van der Waals surface area contributed by atoms with Crippen LogP contribution in [0.5, 0.6) is 0 Å². The van der Waals surface area contributed by atoms with Crippen LogP contribution >= 0.6 is 27.5 Å². The summed E-state index contributed by atoms with van der Waals surface area (Å²) < 4.78 is 0.854. The number of aliphatic hydroxyl groups excluding tert-OH is 1. The van der Waals surface area contributed by atoms with Gasteiger partial charge in [-0.05, 0) is 46.5 Å². The summed E-state index contributed by atoms with van der Waals surface area (Å²) in [7, 11) is 0. The van der Waals surface area contributed by atoms with E-state index in [1.807, 2.05) is 18.2 Å². The van der Waals surface area contributed by atoms with Gasteiger partial charge >= 0.3 is 0 Å². The first-order valence-electron chi connectivity index (χ1n) is 6.92. The number of benzene rings is 1. The van der Waals surface area contributed by atoms with E-state index in [0.717, 1.165) is 35.7 Å². The third-order valence-corrected chi connectivity index (χ3v) is 5.58. The van der Waals surface area contributed by atoms with Crippen LogP contribution in [-0.2, 0) is 0 Å². The Labute approximate surface area is 128 Å². The van der Waals surface area contributed by atoms with Crippen LogP contribution in [0.25, 0.3) is 0 Å². The summed E-state index contributed by atoms with van der Waals surface area (Å²) in [5.74, 6) is 0. The summed E-state index contributed by atoms with van der Waals surface area (Å²) in [5.41, 5.74) is 6.70. The van der Waals surface area contributed by atoms with E-state index in [4.69, 9.17) is 17.3 Å². The van der Waals surface area contributed by atoms with Gasteiger partial charge < -0.3 is 10.8 Å². The molecule has 106 valence electrons. The average molecular weight is 347 g/mol. The highest BCUT2D eigenvalue weighted by Crippen LogP contribution is 2.45. The second-order valence-corrected chi connectivity index (χ2v) is 6.82. The maximum Gasteiger partial charge on any atom is 0.0858 e. The van der Waals surface area contributed by atoms with Crippen molar-refractivity contribution in [2.24, 2.45) is 11.1 Å². The molecule has 0 radical (unpaired) electrons. The van der Waals surface area contributed by atoms with E-state index in [2.05, 4.69) is 15.9 Å². The minimum atomic E-state index is -0.527. The Morgan fingerprint density at radius 3 is 2.42 bits per heavy atom. The monoisotopic (exact) mass is 345 g/mol. The van der Waals surface area contributed by atoms with E-state index in [1.165, 1.54) is 12.8 Å². The molecule has 1 aromatic rings. The number of aliphatic hydroxyl groups is 1. The molecule has 1 aliphatic rings. The summed E-state index contributed by atoms with van der Waals surface area (Å²) in [4.78, 5) is 0. The summed E-state index contributed by atoms with van der Waals surface area (Å²) in [5, 5.41) is 11.4. The molecular weight excluding hydrogens is 326 g/mol. The fraction of sp³-hybridized carbons (Fsp3) is 0.600. The maximum absolute atomic E-state index is 10.8. The van der Waals surface area contributed by atoms with Gasteiger partial charge in [0.15, 0.2) is 0 Å². The lowest BCUT2D eigenvalue weighted by molar-refractivity contribution is 0.0166. The van der Waals surface area contributed by atoms with Gasteiger partial charge in [0, 0.05) is 16.4 Å². The van der Waals surface area contributed by atoms with Gasteiger partial charge in [0.05, 0.1) is 11.1 Å². The fourth-order valence-corrected chi connectivity index (χ4v) is 3.49. The largest absolute Gasteiger partial charge is 0.388 e. The van der Waals surface area contributed by atoms with Gasteiger partial charge in [-0.3, -0.25) is 0 Å². The molecule has 1 saturated carbocycles. The third kappa shape index (κ3) is 3.33. The maximum atomic E-state index is 10.8. The van der Waals surface area contributed by atoms with Gasteiger partial charge in [-0.15, -0.1) is 0 Å². The highest BCUT2D eigenvalue weighted by molar-refractivity contribution is 9.10. The van der Waals surface area contributed by atoms with Crippen LogP contribution in [0, 0.1) is 5.41 Å². The number of rotatable bonds is 3. The molecule has 0 spiro atoms. The zero-order valence-electron chi connectivity index (χ0n) is 11.0. The Balaban J connectivity index is 2.28. The molecule has 0 amide bonds. The molecule has 1 aliphatic carbocycles. The highest BCUT2D eigenvalue weighted by atomic mass is 79.9. The molecule has 0 bridgehead atoms. The number of halogens is 2. The van der Waals surface area contributed by atoms with Crippen LogP contribution in [0.15, 0.2) is 22.7 Å². The molecule has 3 N–H and O–H groups in total. The molecule has 1 unspecified atom stereocenters. The summed E-state index contributed by atoms with van der Waals surface area (Å²) in [6.07, 6.45) is 6.26. The fourth-order valence-electron chi connectivity index (χ4n) is 3.06. The molecular formula is C15H21BrClNO. The number of nitrogens with two attached hydrogens (primary N) is 1. The lowest BCUT2D eigenvalue weighted by Crippen LogP contribution is -2.36. The predicted molar refractivity (Wildman–Crippen MR) is 83.3 cm³/mol. The Kier molecular flexibility index (Phi) is 5.29. The minimum absolute atomic E-state index is 0.187. The zero-order chi connectivity index (χ0) is 13.9. The molecule has 4 heteroatoms. The lowest BCUT2D eigenvalue weighted by atomic mass is 9.73. The van der Waals surface area contributed by atoms with Gasteiger partial charge in [0.25, 0.3) is 0 Å². The zero-order valence-corrected chi connectivity index (χ0v) is 13.4. The van der Waals surface area contributed by atoms with Crippen molar-refractivity contribution >= 4 is 27.5 Å². The van der Waals surface area contributed by atoms with E-state index in [0.29, 0.717) is 11.6 Å². The Morgan fingerprint density at radius 2 is 1.89 bits per heavy atom. The molecule has 2 nitrogen and oxygen atoms in total. The Hall–Kier alpha value is -0.0900. The third-order valence-electron chi connectivity index (χ3n) is 4.35. The average Bonchev–Trinajstić information content (AvgIpc) is 2.67. The van der Waals surface area contributed by atoms with Gasteiger partial charge in [-0.2, -0.15) is 0 Å². The molecule has 0 heterocycles. The first-order chi connectivity index (χ1) is 9.09. The Bertz CT molecular complexity index is 430. The van der Waals surface area contributed by atoms with Gasteiger partial charge in [-0.1, -0.05) is 43.4 Å². The van der Waals surface area contributed by atoms with Gasteiger partial charge in [0.2, 0.25) is 0 Å². The summed E-state index contributed by atoms with van der Waals surface area (Å²) in [6.45, 7) is 0.530. The van der Waals surface area contributed by atoms with Crippen molar-refractivity contribution in [3.63, 3.8) is 0 Å².